The van der Waals surface area contributed by atoms with E-state index < -0.39 is 0 Å². The summed E-state index contributed by atoms with van der Waals surface area (Å²) in [5.74, 6) is 1.83. The van der Waals surface area contributed by atoms with Gasteiger partial charge in [0.05, 0.1) is 22.1 Å². The van der Waals surface area contributed by atoms with Gasteiger partial charge in [-0.15, -0.1) is 0 Å². The van der Waals surface area contributed by atoms with Crippen LogP contribution in [0.2, 0.25) is 0 Å². The SMILES string of the molecule is c1ccc(-c2cc(-c3ccccc3)c3c(c2)-c2cc(-c4ccccc4)cc(-c4ccc(-n5c6ccccc6c6c7c8ccccc8n(-c8nc(-c9ccccc9)nc(-c9ccccc9)n8)c7ccc65)cc4)c2C3)cc1. The first kappa shape index (κ1) is 42.7. The molecule has 350 valence electrons. The van der Waals surface area contributed by atoms with Crippen LogP contribution < -0.4 is 0 Å². The molecular formula is C70H45N5. The Labute approximate surface area is 434 Å². The number of fused-ring (bicyclic) bond motifs is 10. The number of aromatic nitrogens is 5. The van der Waals surface area contributed by atoms with Gasteiger partial charge in [0.2, 0.25) is 5.95 Å². The minimum absolute atomic E-state index is 0.575. The van der Waals surface area contributed by atoms with Crippen LogP contribution in [-0.4, -0.2) is 24.1 Å². The van der Waals surface area contributed by atoms with Crippen LogP contribution in [-0.2, 0) is 6.42 Å². The van der Waals surface area contributed by atoms with Crippen molar-refractivity contribution in [2.24, 2.45) is 0 Å². The van der Waals surface area contributed by atoms with E-state index in [9.17, 15) is 0 Å². The van der Waals surface area contributed by atoms with Crippen LogP contribution in [0.4, 0.5) is 0 Å². The predicted molar refractivity (Wildman–Crippen MR) is 309 cm³/mol. The molecule has 0 N–H and O–H groups in total. The van der Waals surface area contributed by atoms with Crippen molar-refractivity contribution in [1.29, 1.82) is 0 Å². The number of rotatable bonds is 8. The van der Waals surface area contributed by atoms with Crippen LogP contribution in [0, 0.1) is 0 Å². The molecule has 15 rings (SSSR count). The zero-order chi connectivity index (χ0) is 49.4. The van der Waals surface area contributed by atoms with Crippen LogP contribution in [0.5, 0.6) is 0 Å². The molecule has 14 aromatic rings. The second kappa shape index (κ2) is 17.4. The molecule has 1 aliphatic carbocycles. The lowest BCUT2D eigenvalue weighted by Crippen LogP contribution is -2.06. The second-order valence-electron chi connectivity index (χ2n) is 19.5. The third kappa shape index (κ3) is 7.04. The normalized spacial score (nSPS) is 11.9. The van der Waals surface area contributed by atoms with Crippen molar-refractivity contribution in [3.05, 3.63) is 272 Å². The Morgan fingerprint density at radius 1 is 0.267 bits per heavy atom. The van der Waals surface area contributed by atoms with Gasteiger partial charge in [0, 0.05) is 38.4 Å². The first-order chi connectivity index (χ1) is 37.2. The molecule has 5 nitrogen and oxygen atoms in total. The van der Waals surface area contributed by atoms with E-state index in [1.165, 1.54) is 77.5 Å². The first-order valence-corrected chi connectivity index (χ1v) is 25.6. The summed E-state index contributed by atoms with van der Waals surface area (Å²) in [5, 5.41) is 4.68. The molecule has 0 spiro atoms. The highest BCUT2D eigenvalue weighted by Gasteiger charge is 2.28. The average molecular weight is 956 g/mol. The second-order valence-corrected chi connectivity index (χ2v) is 19.5. The van der Waals surface area contributed by atoms with Gasteiger partial charge in [-0.25, -0.2) is 4.98 Å². The van der Waals surface area contributed by atoms with Crippen LogP contribution in [0.1, 0.15) is 11.1 Å². The lowest BCUT2D eigenvalue weighted by atomic mass is 9.90. The van der Waals surface area contributed by atoms with Gasteiger partial charge in [-0.2, -0.15) is 9.97 Å². The van der Waals surface area contributed by atoms with E-state index >= 15 is 0 Å². The summed E-state index contributed by atoms with van der Waals surface area (Å²) >= 11 is 0. The van der Waals surface area contributed by atoms with Gasteiger partial charge in [0.25, 0.3) is 0 Å². The summed E-state index contributed by atoms with van der Waals surface area (Å²) in [6, 6.07) is 93.8. The molecule has 0 saturated carbocycles. The monoisotopic (exact) mass is 955 g/mol. The number of hydrogen-bond donors (Lipinski definition) is 0. The van der Waals surface area contributed by atoms with Gasteiger partial charge < -0.3 is 4.57 Å². The fourth-order valence-corrected chi connectivity index (χ4v) is 11.8. The summed E-state index contributed by atoms with van der Waals surface area (Å²) in [6.07, 6.45) is 0.846. The molecule has 0 atom stereocenters. The van der Waals surface area contributed by atoms with E-state index in [1.54, 1.807) is 0 Å². The van der Waals surface area contributed by atoms with E-state index in [1.807, 2.05) is 36.4 Å². The van der Waals surface area contributed by atoms with Gasteiger partial charge in [-0.1, -0.05) is 200 Å². The van der Waals surface area contributed by atoms with Gasteiger partial charge in [-0.05, 0) is 134 Å². The summed E-state index contributed by atoms with van der Waals surface area (Å²) in [6.45, 7) is 0. The molecule has 0 saturated heterocycles. The molecule has 75 heavy (non-hydrogen) atoms. The van der Waals surface area contributed by atoms with E-state index in [2.05, 4.69) is 234 Å². The molecule has 3 heterocycles. The maximum absolute atomic E-state index is 5.23. The molecular weight excluding hydrogens is 911 g/mol. The Hall–Kier alpha value is -9.97. The van der Waals surface area contributed by atoms with Crippen molar-refractivity contribution in [1.82, 2.24) is 24.1 Å². The van der Waals surface area contributed by atoms with Crippen molar-refractivity contribution in [2.45, 2.75) is 6.42 Å². The van der Waals surface area contributed by atoms with E-state index in [-0.39, 0.29) is 0 Å². The summed E-state index contributed by atoms with van der Waals surface area (Å²) < 4.78 is 4.65. The van der Waals surface area contributed by atoms with Crippen LogP contribution in [0.15, 0.2) is 261 Å². The smallest absolute Gasteiger partial charge is 0.238 e. The van der Waals surface area contributed by atoms with Crippen molar-refractivity contribution < 1.29 is 0 Å². The van der Waals surface area contributed by atoms with E-state index in [0.29, 0.717) is 17.6 Å². The highest BCUT2D eigenvalue weighted by Crippen LogP contribution is 2.50. The standard InChI is InChI=1S/C70H45N5/c1-6-20-45(21-7-1)51-40-56(47-24-10-3-11-25-47)60-44-61-57(41-52(43-59(61)58(60)42-51)46-22-8-2-9-23-46)48-34-36-53(37-35-48)74-62-32-18-16-30-54(62)66-64(74)38-39-65-67(66)55-31-17-19-33-63(55)75(65)70-72-68(49-26-12-4-13-27-49)71-69(73-70)50-28-14-5-15-29-50/h1-43H,44H2. The Morgan fingerprint density at radius 3 is 1.12 bits per heavy atom. The fourth-order valence-electron chi connectivity index (χ4n) is 11.8. The summed E-state index contributed by atoms with van der Waals surface area (Å²) in [4.78, 5) is 15.5. The topological polar surface area (TPSA) is 48.5 Å². The average Bonchev–Trinajstić information content (AvgIpc) is 4.26. The Bertz CT molecular complexity index is 4450. The maximum atomic E-state index is 5.23. The number of nitrogens with zero attached hydrogens (tertiary/aromatic N) is 5. The molecule has 1 aliphatic rings. The Balaban J connectivity index is 0.903. The summed E-state index contributed by atoms with van der Waals surface area (Å²) in [5.41, 5.74) is 22.5. The van der Waals surface area contributed by atoms with Crippen molar-refractivity contribution >= 4 is 43.6 Å². The fraction of sp³-hybridized carbons (Fsp3) is 0.0143. The molecule has 3 aromatic heterocycles. The van der Waals surface area contributed by atoms with Crippen LogP contribution >= 0.6 is 0 Å². The van der Waals surface area contributed by atoms with Gasteiger partial charge in [-0.3, -0.25) is 4.57 Å². The summed E-state index contributed by atoms with van der Waals surface area (Å²) in [7, 11) is 0. The van der Waals surface area contributed by atoms with Crippen LogP contribution in [0.25, 0.3) is 134 Å². The van der Waals surface area contributed by atoms with Gasteiger partial charge in [0.15, 0.2) is 11.6 Å². The van der Waals surface area contributed by atoms with Crippen LogP contribution in [0.3, 0.4) is 0 Å². The minimum atomic E-state index is 0.575. The molecule has 0 unspecified atom stereocenters. The Kier molecular flexibility index (Phi) is 9.88. The van der Waals surface area contributed by atoms with Gasteiger partial charge >= 0.3 is 0 Å². The molecule has 0 aliphatic heterocycles. The van der Waals surface area contributed by atoms with Crippen molar-refractivity contribution in [3.63, 3.8) is 0 Å². The zero-order valence-corrected chi connectivity index (χ0v) is 40.8. The Morgan fingerprint density at radius 2 is 0.640 bits per heavy atom. The molecule has 5 heteroatoms. The lowest BCUT2D eigenvalue weighted by molar-refractivity contribution is 0.953. The van der Waals surface area contributed by atoms with Crippen molar-refractivity contribution in [2.75, 3.05) is 0 Å². The predicted octanol–water partition coefficient (Wildman–Crippen LogP) is 17.6. The van der Waals surface area contributed by atoms with E-state index in [4.69, 9.17) is 15.0 Å². The third-order valence-corrected chi connectivity index (χ3v) is 15.2. The molecule has 11 aromatic carbocycles. The molecule has 0 bridgehead atoms. The lowest BCUT2D eigenvalue weighted by Gasteiger charge is -2.15. The quantitative estimate of drug-likeness (QED) is 0.152. The highest BCUT2D eigenvalue weighted by atomic mass is 15.2. The van der Waals surface area contributed by atoms with E-state index in [0.717, 1.165) is 56.1 Å². The number of benzene rings is 11. The number of hydrogen-bond acceptors (Lipinski definition) is 3. The molecule has 0 radical (unpaired) electrons. The van der Waals surface area contributed by atoms with Crippen molar-refractivity contribution in [3.8, 4) is 90.0 Å². The molecule has 0 amide bonds. The number of para-hydroxylation sites is 2. The maximum Gasteiger partial charge on any atom is 0.238 e. The van der Waals surface area contributed by atoms with Gasteiger partial charge in [0.1, 0.15) is 0 Å². The largest absolute Gasteiger partial charge is 0.309 e. The molecule has 0 fully saturated rings. The first-order valence-electron chi connectivity index (χ1n) is 25.6. The zero-order valence-electron chi connectivity index (χ0n) is 40.8. The highest BCUT2D eigenvalue weighted by molar-refractivity contribution is 6.28. The third-order valence-electron chi connectivity index (χ3n) is 15.2. The minimum Gasteiger partial charge on any atom is -0.309 e.